The molecule has 9 heteroatoms. The Morgan fingerprint density at radius 3 is 2.49 bits per heavy atom. The Morgan fingerprint density at radius 1 is 1.23 bits per heavy atom. The fraction of sp³-hybridized carbons (Fsp3) is 0.577. The van der Waals surface area contributed by atoms with Gasteiger partial charge >= 0.3 is 0 Å². The van der Waals surface area contributed by atoms with Crippen molar-refractivity contribution >= 4 is 11.8 Å². The van der Waals surface area contributed by atoms with Crippen LogP contribution in [0, 0.1) is 5.92 Å². The number of carbonyl (C=O) groups is 2. The molecule has 188 valence electrons. The maximum atomic E-state index is 13.8. The zero-order valence-corrected chi connectivity index (χ0v) is 20.9. The number of amides is 2. The molecule has 2 amide bonds. The van der Waals surface area contributed by atoms with Crippen molar-refractivity contribution in [1.29, 1.82) is 0 Å². The van der Waals surface area contributed by atoms with Gasteiger partial charge in [-0.3, -0.25) is 30.4 Å². The molecule has 9 nitrogen and oxygen atoms in total. The number of nitrogens with two attached hydrogens (primary N) is 1. The minimum atomic E-state index is -0.969. The summed E-state index contributed by atoms with van der Waals surface area (Å²) in [5.41, 5.74) is 14.5. The van der Waals surface area contributed by atoms with Gasteiger partial charge in [-0.15, -0.1) is 0 Å². The van der Waals surface area contributed by atoms with E-state index in [1.54, 1.807) is 0 Å². The van der Waals surface area contributed by atoms with Crippen molar-refractivity contribution in [3.05, 3.63) is 52.8 Å². The molecule has 2 atom stereocenters. The summed E-state index contributed by atoms with van der Waals surface area (Å²) in [6.07, 6.45) is 4.10. The summed E-state index contributed by atoms with van der Waals surface area (Å²) in [5, 5.41) is 11.7. The number of nitrogens with zero attached hydrogens (tertiary/aromatic N) is 2. The molecule has 3 aliphatic rings. The number of benzene rings is 1. The molecule has 5 rings (SSSR count). The van der Waals surface area contributed by atoms with Crippen LogP contribution in [-0.2, 0) is 16.9 Å². The molecule has 2 aromatic rings. The third-order valence-corrected chi connectivity index (χ3v) is 8.02. The first-order valence-corrected chi connectivity index (χ1v) is 12.8. The summed E-state index contributed by atoms with van der Waals surface area (Å²) in [6, 6.07) is 10.1. The first-order valence-electron chi connectivity index (χ1n) is 12.8. The number of primary amides is 1. The van der Waals surface area contributed by atoms with Gasteiger partial charge in [-0.05, 0) is 45.1 Å². The van der Waals surface area contributed by atoms with Gasteiger partial charge in [-0.1, -0.05) is 37.3 Å². The highest BCUT2D eigenvalue weighted by Gasteiger charge is 2.48. The van der Waals surface area contributed by atoms with Crippen LogP contribution in [-0.4, -0.2) is 40.2 Å². The Hall–Kier alpha value is -2.75. The van der Waals surface area contributed by atoms with Crippen LogP contribution in [0.5, 0.6) is 0 Å². The van der Waals surface area contributed by atoms with E-state index in [9.17, 15) is 9.59 Å². The Kier molecular flexibility index (Phi) is 6.19. The molecule has 2 fully saturated rings. The van der Waals surface area contributed by atoms with Crippen molar-refractivity contribution in [1.82, 2.24) is 31.3 Å². The van der Waals surface area contributed by atoms with E-state index >= 15 is 0 Å². The maximum Gasteiger partial charge on any atom is 0.269 e. The summed E-state index contributed by atoms with van der Waals surface area (Å²) in [6.45, 7) is 7.82. The average Bonchev–Trinajstić information content (AvgIpc) is 3.25. The van der Waals surface area contributed by atoms with Crippen LogP contribution in [0.15, 0.2) is 30.3 Å². The summed E-state index contributed by atoms with van der Waals surface area (Å²) in [5.74, 6) is -0.520. The van der Waals surface area contributed by atoms with E-state index in [2.05, 4.69) is 33.5 Å². The lowest BCUT2D eigenvalue weighted by molar-refractivity contribution is -0.129. The van der Waals surface area contributed by atoms with Gasteiger partial charge in [0.1, 0.15) is 5.66 Å². The molecule has 3 heterocycles. The van der Waals surface area contributed by atoms with Gasteiger partial charge in [0.05, 0.1) is 5.69 Å². The topological polar surface area (TPSA) is 126 Å². The van der Waals surface area contributed by atoms with Crippen molar-refractivity contribution in [2.75, 3.05) is 13.1 Å². The number of nitrogens with one attached hydrogen (secondary N) is 4. The van der Waals surface area contributed by atoms with Crippen LogP contribution in [0.25, 0.3) is 0 Å². The number of hydrogen-bond donors (Lipinski definition) is 5. The molecule has 2 aliphatic heterocycles. The van der Waals surface area contributed by atoms with Crippen molar-refractivity contribution in [2.45, 2.75) is 76.0 Å². The van der Waals surface area contributed by atoms with E-state index in [-0.39, 0.29) is 35.0 Å². The smallest absolute Gasteiger partial charge is 0.269 e. The van der Waals surface area contributed by atoms with Crippen LogP contribution in [0.1, 0.15) is 85.7 Å². The van der Waals surface area contributed by atoms with Crippen molar-refractivity contribution in [2.24, 2.45) is 11.7 Å². The number of fused-ring (bicyclic) bond motifs is 1. The van der Waals surface area contributed by atoms with Crippen LogP contribution >= 0.6 is 0 Å². The summed E-state index contributed by atoms with van der Waals surface area (Å²) in [7, 11) is 0. The third kappa shape index (κ3) is 4.26. The lowest BCUT2D eigenvalue weighted by atomic mass is 9.74. The van der Waals surface area contributed by atoms with Gasteiger partial charge in [0.2, 0.25) is 5.91 Å². The Labute approximate surface area is 206 Å². The first-order chi connectivity index (χ1) is 16.7. The number of aromatic nitrogens is 2. The minimum Gasteiger partial charge on any atom is -0.364 e. The van der Waals surface area contributed by atoms with Gasteiger partial charge < -0.3 is 11.1 Å². The van der Waals surface area contributed by atoms with Gasteiger partial charge in [-0.25, -0.2) is 0 Å². The van der Waals surface area contributed by atoms with E-state index in [1.165, 1.54) is 0 Å². The second-order valence-electron chi connectivity index (χ2n) is 10.9. The summed E-state index contributed by atoms with van der Waals surface area (Å²) >= 11 is 0. The molecule has 1 aromatic heterocycles. The minimum absolute atomic E-state index is 0.0174. The van der Waals surface area contributed by atoms with Crippen LogP contribution in [0.2, 0.25) is 0 Å². The molecule has 2 unspecified atom stereocenters. The molecule has 1 saturated carbocycles. The molecule has 1 aliphatic carbocycles. The van der Waals surface area contributed by atoms with E-state index < -0.39 is 11.6 Å². The lowest BCUT2D eigenvalue weighted by Gasteiger charge is -2.48. The third-order valence-electron chi connectivity index (χ3n) is 8.02. The number of hydrogen-bond acceptors (Lipinski definition) is 6. The molecular weight excluding hydrogens is 442 g/mol. The molecule has 1 saturated heterocycles. The highest BCUT2D eigenvalue weighted by molar-refractivity contribution is 5.93. The van der Waals surface area contributed by atoms with Crippen molar-refractivity contribution in [3.8, 4) is 0 Å². The van der Waals surface area contributed by atoms with E-state index in [4.69, 9.17) is 5.73 Å². The van der Waals surface area contributed by atoms with Crippen LogP contribution in [0.4, 0.5) is 0 Å². The van der Waals surface area contributed by atoms with Gasteiger partial charge in [-0.2, -0.15) is 5.10 Å². The molecule has 1 spiro atoms. The normalized spacial score (nSPS) is 30.1. The quantitative estimate of drug-likeness (QED) is 0.430. The largest absolute Gasteiger partial charge is 0.364 e. The fourth-order valence-corrected chi connectivity index (χ4v) is 6.01. The Bertz CT molecular complexity index is 1100. The van der Waals surface area contributed by atoms with Gasteiger partial charge in [0.15, 0.2) is 5.69 Å². The standard InChI is InChI=1S/C26H37N7O2/c1-16(2)33-22-17(3)14-28-26(13-18-7-5-4-6-8-18,20(22)21(31-33)23(27)34)30-24(35)19-9-11-25(12-10-19)15-29-32-25/h4-8,16-17,19,28-29,32H,9-15H2,1-3H3,(H2,27,34)(H,30,35). The second kappa shape index (κ2) is 9.04. The molecule has 1 aromatic carbocycles. The predicted molar refractivity (Wildman–Crippen MR) is 133 cm³/mol. The van der Waals surface area contributed by atoms with Crippen molar-refractivity contribution in [3.63, 3.8) is 0 Å². The maximum absolute atomic E-state index is 13.8. The van der Waals surface area contributed by atoms with Crippen LogP contribution < -0.4 is 27.2 Å². The molecule has 6 N–H and O–H groups in total. The SMILES string of the molecule is CC1CNC(Cc2ccccc2)(NC(=O)C2CCC3(CC2)CNN3)c2c(C(N)=O)nn(C(C)C)c21. The summed E-state index contributed by atoms with van der Waals surface area (Å²) < 4.78 is 1.91. The van der Waals surface area contributed by atoms with Gasteiger partial charge in [0, 0.05) is 48.5 Å². The van der Waals surface area contributed by atoms with E-state index in [0.717, 1.165) is 43.5 Å². The number of carbonyl (C=O) groups excluding carboxylic acids is 2. The highest BCUT2D eigenvalue weighted by atomic mass is 16.2. The number of rotatable bonds is 6. The molecule has 0 bridgehead atoms. The highest BCUT2D eigenvalue weighted by Crippen LogP contribution is 2.40. The number of hydrazine groups is 1. The Balaban J connectivity index is 1.55. The average molecular weight is 480 g/mol. The van der Waals surface area contributed by atoms with E-state index in [1.807, 2.05) is 48.9 Å². The zero-order valence-electron chi connectivity index (χ0n) is 20.9. The van der Waals surface area contributed by atoms with Crippen LogP contribution in [0.3, 0.4) is 0 Å². The summed E-state index contributed by atoms with van der Waals surface area (Å²) in [4.78, 5) is 26.4. The fourth-order valence-electron chi connectivity index (χ4n) is 6.01. The van der Waals surface area contributed by atoms with Crippen molar-refractivity contribution < 1.29 is 9.59 Å². The van der Waals surface area contributed by atoms with E-state index in [0.29, 0.717) is 18.5 Å². The molecule has 0 radical (unpaired) electrons. The lowest BCUT2D eigenvalue weighted by Crippen LogP contribution is -2.71. The second-order valence-corrected chi connectivity index (χ2v) is 10.9. The Morgan fingerprint density at radius 2 is 1.91 bits per heavy atom. The molecular formula is C26H37N7O2. The predicted octanol–water partition coefficient (Wildman–Crippen LogP) is 1.82. The first kappa shape index (κ1) is 24.0. The monoisotopic (exact) mass is 479 g/mol. The molecule has 35 heavy (non-hydrogen) atoms. The van der Waals surface area contributed by atoms with Gasteiger partial charge in [0.25, 0.3) is 5.91 Å². The zero-order chi connectivity index (χ0) is 24.8.